The van der Waals surface area contributed by atoms with E-state index in [1.165, 1.54) is 5.57 Å². The third-order valence-corrected chi connectivity index (χ3v) is 19.9. The first-order valence-corrected chi connectivity index (χ1v) is 24.6. The van der Waals surface area contributed by atoms with E-state index in [4.69, 9.17) is 28.1 Å². The van der Waals surface area contributed by atoms with Gasteiger partial charge in [0.05, 0.1) is 43.5 Å². The fourth-order valence-corrected chi connectivity index (χ4v) is 16.2. The number of fused-ring (bicyclic) bond motifs is 1. The lowest BCUT2D eigenvalue weighted by atomic mass is 9.85. The Balaban J connectivity index is 1.57. The Labute approximate surface area is 350 Å². The molecule has 9 nitrogen and oxygen atoms in total. The number of ether oxygens (including phenoxy) is 5. The standard InChI is InChI=1S/C47H69NO8SSi/c1-33(2)58(34(3)4,35(5)6)56-45-30-48(57(49,50)41-21-14-36(7)15-22-41)29-44(46(45)39-19-16-37(17-20-39)31-53-26-25-52-11)54-32-38-18-23-43-42(27-38)40(13-12-24-51-10)28-47(8,9)55-43/h14-23,27-28,33-35,44-46H,12-13,24-26,29-32H2,1-11H3. The first-order chi connectivity index (χ1) is 27.5. The van der Waals surface area contributed by atoms with Crippen molar-refractivity contribution in [2.24, 2.45) is 0 Å². The van der Waals surface area contributed by atoms with Gasteiger partial charge in [0.15, 0.2) is 0 Å². The summed E-state index contributed by atoms with van der Waals surface area (Å²) in [6.07, 6.45) is 3.03. The highest BCUT2D eigenvalue weighted by molar-refractivity contribution is 7.89. The molecule has 0 aromatic heterocycles. The first kappa shape index (κ1) is 46.2. The van der Waals surface area contributed by atoms with Crippen LogP contribution in [0.2, 0.25) is 16.6 Å². The molecule has 0 amide bonds. The van der Waals surface area contributed by atoms with Crippen LogP contribution in [0.4, 0.5) is 0 Å². The van der Waals surface area contributed by atoms with Crippen LogP contribution < -0.4 is 4.74 Å². The van der Waals surface area contributed by atoms with Gasteiger partial charge in [0, 0.05) is 45.4 Å². The van der Waals surface area contributed by atoms with Crippen LogP contribution in [0.5, 0.6) is 5.75 Å². The molecule has 2 heterocycles. The number of rotatable bonds is 20. The molecule has 1 saturated heterocycles. The highest BCUT2D eigenvalue weighted by Gasteiger charge is 2.51. The molecule has 0 N–H and O–H groups in total. The van der Waals surface area contributed by atoms with E-state index in [2.05, 4.69) is 97.9 Å². The van der Waals surface area contributed by atoms with Gasteiger partial charge < -0.3 is 28.1 Å². The Morgan fingerprint density at radius 1 is 0.793 bits per heavy atom. The van der Waals surface area contributed by atoms with Gasteiger partial charge in [-0.3, -0.25) is 0 Å². The molecule has 3 unspecified atom stereocenters. The van der Waals surface area contributed by atoms with Gasteiger partial charge in [-0.2, -0.15) is 4.31 Å². The van der Waals surface area contributed by atoms with Crippen molar-refractivity contribution in [2.45, 2.75) is 134 Å². The summed E-state index contributed by atoms with van der Waals surface area (Å²) in [5, 5.41) is 0. The fourth-order valence-electron chi connectivity index (χ4n) is 9.17. The Bertz CT molecular complexity index is 1890. The van der Waals surface area contributed by atoms with Gasteiger partial charge in [0.25, 0.3) is 0 Å². The zero-order valence-corrected chi connectivity index (χ0v) is 38.7. The van der Waals surface area contributed by atoms with E-state index in [-0.39, 0.29) is 23.9 Å². The summed E-state index contributed by atoms with van der Waals surface area (Å²) in [4.78, 5) is 0.275. The van der Waals surface area contributed by atoms with Crippen molar-refractivity contribution in [3.8, 4) is 5.75 Å². The van der Waals surface area contributed by atoms with Gasteiger partial charge in [-0.05, 0) is 103 Å². The zero-order valence-electron chi connectivity index (χ0n) is 36.9. The third kappa shape index (κ3) is 10.9. The lowest BCUT2D eigenvalue weighted by molar-refractivity contribution is -0.0505. The molecule has 0 aliphatic carbocycles. The molecule has 1 fully saturated rings. The fraction of sp³-hybridized carbons (Fsp3) is 0.574. The summed E-state index contributed by atoms with van der Waals surface area (Å²) >= 11 is 0. The summed E-state index contributed by atoms with van der Waals surface area (Å²) in [7, 11) is -2.99. The second-order valence-electron chi connectivity index (χ2n) is 17.6. The van der Waals surface area contributed by atoms with E-state index in [0.29, 0.717) is 49.7 Å². The smallest absolute Gasteiger partial charge is 0.243 e. The highest BCUT2D eigenvalue weighted by Crippen LogP contribution is 2.47. The number of benzene rings is 3. The number of piperidine rings is 1. The first-order valence-electron chi connectivity index (χ1n) is 21.1. The number of nitrogens with zero attached hydrogens (tertiary/aromatic N) is 1. The van der Waals surface area contributed by atoms with Crippen molar-refractivity contribution < 1.29 is 36.5 Å². The monoisotopic (exact) mass is 835 g/mol. The zero-order chi connectivity index (χ0) is 42.3. The van der Waals surface area contributed by atoms with Gasteiger partial charge >= 0.3 is 0 Å². The number of allylic oxidation sites excluding steroid dienone is 1. The van der Waals surface area contributed by atoms with Crippen molar-refractivity contribution in [3.63, 3.8) is 0 Å². The van der Waals surface area contributed by atoms with Crippen LogP contribution in [0.3, 0.4) is 0 Å². The van der Waals surface area contributed by atoms with Crippen molar-refractivity contribution in [3.05, 3.63) is 101 Å². The summed E-state index contributed by atoms with van der Waals surface area (Å²) < 4.78 is 68.3. The van der Waals surface area contributed by atoms with Gasteiger partial charge in [-0.15, -0.1) is 0 Å². The topological polar surface area (TPSA) is 92.8 Å². The molecule has 0 bridgehead atoms. The van der Waals surface area contributed by atoms with Crippen molar-refractivity contribution in [1.82, 2.24) is 4.31 Å². The van der Waals surface area contributed by atoms with Gasteiger partial charge in [-0.1, -0.05) is 89.6 Å². The SMILES string of the molecule is COCCCC1=CC(C)(C)Oc2ccc(COC3CN(S(=O)(=O)c4ccc(C)cc4)CC(O[Si](C(C)C)(C(C)C)C(C)C)C3c3ccc(COCCOC)cc3)cc21. The summed E-state index contributed by atoms with van der Waals surface area (Å²) in [6, 6.07) is 21.9. The Morgan fingerprint density at radius 3 is 2.03 bits per heavy atom. The van der Waals surface area contributed by atoms with Crippen molar-refractivity contribution in [2.75, 3.05) is 47.1 Å². The van der Waals surface area contributed by atoms with E-state index in [1.807, 2.05) is 25.1 Å². The van der Waals surface area contributed by atoms with E-state index in [1.54, 1.807) is 30.7 Å². The molecule has 2 aliphatic rings. The minimum absolute atomic E-state index is 0.187. The summed E-state index contributed by atoms with van der Waals surface area (Å²) in [6.45, 7) is 22.7. The van der Waals surface area contributed by atoms with Crippen LogP contribution in [0, 0.1) is 6.92 Å². The maximum absolute atomic E-state index is 14.6. The average molecular weight is 836 g/mol. The van der Waals surface area contributed by atoms with E-state index < -0.39 is 36.1 Å². The summed E-state index contributed by atoms with van der Waals surface area (Å²) in [5.41, 5.74) is 6.89. The van der Waals surface area contributed by atoms with Crippen LogP contribution >= 0.6 is 0 Å². The van der Waals surface area contributed by atoms with Crippen LogP contribution in [-0.4, -0.2) is 86.0 Å². The third-order valence-electron chi connectivity index (χ3n) is 11.9. The lowest BCUT2D eigenvalue weighted by Crippen LogP contribution is -2.59. The maximum Gasteiger partial charge on any atom is 0.243 e. The van der Waals surface area contributed by atoms with E-state index in [9.17, 15) is 8.42 Å². The molecule has 0 radical (unpaired) electrons. The molecule has 2 aliphatic heterocycles. The molecular formula is C47H69NO8SSi. The number of aryl methyl sites for hydroxylation is 1. The minimum atomic E-state index is -3.89. The van der Waals surface area contributed by atoms with E-state index in [0.717, 1.165) is 46.4 Å². The van der Waals surface area contributed by atoms with Crippen LogP contribution in [0.1, 0.15) is 102 Å². The molecule has 11 heteroatoms. The molecular weight excluding hydrogens is 767 g/mol. The van der Waals surface area contributed by atoms with Crippen LogP contribution in [0.15, 0.2) is 77.7 Å². The summed E-state index contributed by atoms with van der Waals surface area (Å²) in [5.74, 6) is 0.619. The average Bonchev–Trinajstić information content (AvgIpc) is 3.17. The number of methoxy groups -OCH3 is 2. The van der Waals surface area contributed by atoms with Crippen LogP contribution in [-0.2, 0) is 46.6 Å². The predicted octanol–water partition coefficient (Wildman–Crippen LogP) is 10.1. The Kier molecular flexibility index (Phi) is 16.0. The van der Waals surface area contributed by atoms with Gasteiger partial charge in [-0.25, -0.2) is 8.42 Å². The quantitative estimate of drug-likeness (QED) is 0.0821. The molecule has 3 aromatic carbocycles. The maximum atomic E-state index is 14.6. The molecule has 5 rings (SSSR count). The molecule has 0 spiro atoms. The second-order valence-corrected chi connectivity index (χ2v) is 24.9. The molecule has 3 atom stereocenters. The largest absolute Gasteiger partial charge is 0.483 e. The number of sulfonamides is 1. The van der Waals surface area contributed by atoms with Crippen molar-refractivity contribution >= 4 is 23.9 Å². The molecule has 58 heavy (non-hydrogen) atoms. The number of hydrogen-bond acceptors (Lipinski definition) is 8. The Hall–Kier alpha value is -2.87. The van der Waals surface area contributed by atoms with E-state index >= 15 is 0 Å². The highest BCUT2D eigenvalue weighted by atomic mass is 32.2. The molecule has 0 saturated carbocycles. The normalized spacial score (nSPS) is 20.0. The lowest BCUT2D eigenvalue weighted by Gasteiger charge is -2.50. The predicted molar refractivity (Wildman–Crippen MR) is 235 cm³/mol. The van der Waals surface area contributed by atoms with Crippen molar-refractivity contribution in [1.29, 1.82) is 0 Å². The number of hydrogen-bond donors (Lipinski definition) is 0. The minimum Gasteiger partial charge on any atom is -0.483 e. The molecule has 320 valence electrons. The second kappa shape index (κ2) is 20.1. The Morgan fingerprint density at radius 2 is 1.41 bits per heavy atom. The van der Waals surface area contributed by atoms with Crippen LogP contribution in [0.25, 0.3) is 5.57 Å². The van der Waals surface area contributed by atoms with Gasteiger partial charge in [0.2, 0.25) is 18.3 Å². The van der Waals surface area contributed by atoms with Gasteiger partial charge in [0.1, 0.15) is 11.4 Å². The molecule has 3 aromatic rings.